The van der Waals surface area contributed by atoms with Crippen LogP contribution < -0.4 is 5.32 Å². The molecule has 1 N–H and O–H groups in total. The van der Waals surface area contributed by atoms with Crippen LogP contribution in [0, 0.1) is 12.7 Å². The van der Waals surface area contributed by atoms with Gasteiger partial charge in [0.1, 0.15) is 5.82 Å². The van der Waals surface area contributed by atoms with Gasteiger partial charge in [-0.2, -0.15) is 0 Å². The lowest BCUT2D eigenvalue weighted by Crippen LogP contribution is -2.35. The highest BCUT2D eigenvalue weighted by atomic mass is 19.1. The van der Waals surface area contributed by atoms with Gasteiger partial charge < -0.3 is 10.2 Å². The first kappa shape index (κ1) is 16.8. The second-order valence-corrected chi connectivity index (χ2v) is 5.98. The number of anilines is 1. The molecule has 1 aliphatic rings. The highest BCUT2D eigenvalue weighted by Crippen LogP contribution is 2.20. The third-order valence-electron chi connectivity index (χ3n) is 4.17. The van der Waals surface area contributed by atoms with Crippen molar-refractivity contribution in [1.29, 1.82) is 0 Å². The van der Waals surface area contributed by atoms with E-state index in [-0.39, 0.29) is 11.6 Å². The van der Waals surface area contributed by atoms with Gasteiger partial charge in [0.15, 0.2) is 0 Å². The van der Waals surface area contributed by atoms with E-state index in [0.717, 1.165) is 16.8 Å². The van der Waals surface area contributed by atoms with Crippen LogP contribution in [0.15, 0.2) is 43.1 Å². The number of halogens is 1. The van der Waals surface area contributed by atoms with Gasteiger partial charge in [-0.15, -0.1) is 0 Å². The fourth-order valence-corrected chi connectivity index (χ4v) is 2.77. The number of nitrogens with zero attached hydrogens (tertiary/aromatic N) is 2. The van der Waals surface area contributed by atoms with Crippen molar-refractivity contribution in [3.63, 3.8) is 0 Å². The number of amides is 2. The van der Waals surface area contributed by atoms with Crippen LogP contribution in [0.2, 0.25) is 0 Å². The predicted molar refractivity (Wildman–Crippen MR) is 92.6 cm³/mol. The molecule has 3 rings (SSSR count). The molecule has 0 aliphatic carbocycles. The summed E-state index contributed by atoms with van der Waals surface area (Å²) in [6.07, 6.45) is 3.34. The predicted octanol–water partition coefficient (Wildman–Crippen LogP) is 2.85. The SMILES string of the molecule is C=CC(=O)N1CCc2cc(C(=O)Nc3ccc(C)cc3F)cnc2C1. The van der Waals surface area contributed by atoms with Crippen LogP contribution in [0.3, 0.4) is 0 Å². The fraction of sp³-hybridized carbons (Fsp3) is 0.211. The van der Waals surface area contributed by atoms with E-state index >= 15 is 0 Å². The minimum Gasteiger partial charge on any atom is -0.333 e. The molecule has 0 fully saturated rings. The molecule has 0 radical (unpaired) electrons. The highest BCUT2D eigenvalue weighted by molar-refractivity contribution is 6.04. The quantitative estimate of drug-likeness (QED) is 0.875. The van der Waals surface area contributed by atoms with Crippen LogP contribution in [-0.4, -0.2) is 28.2 Å². The molecule has 2 heterocycles. The standard InChI is InChI=1S/C19H18FN3O2/c1-3-18(24)23-7-6-13-9-14(10-21-17(13)11-23)19(25)22-16-5-4-12(2)8-15(16)20/h3-5,8-10H,1,6-7,11H2,2H3,(H,22,25). The molecule has 0 spiro atoms. The Morgan fingerprint density at radius 3 is 2.88 bits per heavy atom. The van der Waals surface area contributed by atoms with Crippen LogP contribution in [-0.2, 0) is 17.8 Å². The molecule has 1 aromatic carbocycles. The second kappa shape index (κ2) is 6.84. The third-order valence-corrected chi connectivity index (χ3v) is 4.17. The van der Waals surface area contributed by atoms with E-state index in [0.29, 0.717) is 25.1 Å². The molecule has 0 atom stereocenters. The number of benzene rings is 1. The molecule has 0 bridgehead atoms. The minimum atomic E-state index is -0.474. The summed E-state index contributed by atoms with van der Waals surface area (Å²) < 4.78 is 13.9. The van der Waals surface area contributed by atoms with Crippen molar-refractivity contribution in [2.24, 2.45) is 0 Å². The van der Waals surface area contributed by atoms with Crippen LogP contribution in [0.4, 0.5) is 10.1 Å². The van der Waals surface area contributed by atoms with E-state index in [1.807, 2.05) is 0 Å². The Morgan fingerprint density at radius 1 is 1.36 bits per heavy atom. The Bertz CT molecular complexity index is 864. The third kappa shape index (κ3) is 3.57. The summed E-state index contributed by atoms with van der Waals surface area (Å²) in [5.41, 5.74) is 2.97. The van der Waals surface area contributed by atoms with E-state index in [9.17, 15) is 14.0 Å². The molecular formula is C19H18FN3O2. The summed E-state index contributed by atoms with van der Waals surface area (Å²) in [4.78, 5) is 30.0. The molecular weight excluding hydrogens is 321 g/mol. The van der Waals surface area contributed by atoms with Crippen molar-refractivity contribution < 1.29 is 14.0 Å². The summed E-state index contributed by atoms with van der Waals surface area (Å²) >= 11 is 0. The van der Waals surface area contributed by atoms with Gasteiger partial charge in [0.2, 0.25) is 5.91 Å². The zero-order valence-electron chi connectivity index (χ0n) is 13.9. The van der Waals surface area contributed by atoms with Crippen molar-refractivity contribution in [3.8, 4) is 0 Å². The summed E-state index contributed by atoms with van der Waals surface area (Å²) in [6, 6.07) is 6.38. The number of carbonyl (C=O) groups excluding carboxylic acids is 2. The van der Waals surface area contributed by atoms with Crippen molar-refractivity contribution in [2.75, 3.05) is 11.9 Å². The monoisotopic (exact) mass is 339 g/mol. The highest BCUT2D eigenvalue weighted by Gasteiger charge is 2.21. The number of hydrogen-bond acceptors (Lipinski definition) is 3. The molecule has 0 saturated carbocycles. The maximum absolute atomic E-state index is 13.9. The second-order valence-electron chi connectivity index (χ2n) is 5.98. The molecule has 2 aromatic rings. The molecule has 6 heteroatoms. The lowest BCUT2D eigenvalue weighted by Gasteiger charge is -2.27. The summed E-state index contributed by atoms with van der Waals surface area (Å²) in [5.74, 6) is -1.02. The summed E-state index contributed by atoms with van der Waals surface area (Å²) in [7, 11) is 0. The number of rotatable bonds is 3. The normalized spacial score (nSPS) is 13.1. The van der Waals surface area contributed by atoms with Crippen molar-refractivity contribution >= 4 is 17.5 Å². The number of aromatic nitrogens is 1. The maximum atomic E-state index is 13.9. The largest absolute Gasteiger partial charge is 0.333 e. The van der Waals surface area contributed by atoms with E-state index in [4.69, 9.17) is 0 Å². The first-order chi connectivity index (χ1) is 12.0. The van der Waals surface area contributed by atoms with E-state index in [2.05, 4.69) is 16.9 Å². The first-order valence-electron chi connectivity index (χ1n) is 7.94. The molecule has 2 amide bonds. The average Bonchev–Trinajstić information content (AvgIpc) is 2.62. The van der Waals surface area contributed by atoms with Gasteiger partial charge in [0, 0.05) is 12.7 Å². The van der Waals surface area contributed by atoms with Crippen molar-refractivity contribution in [1.82, 2.24) is 9.88 Å². The minimum absolute atomic E-state index is 0.135. The van der Waals surface area contributed by atoms with E-state index in [1.165, 1.54) is 24.4 Å². The van der Waals surface area contributed by atoms with Gasteiger partial charge in [-0.25, -0.2) is 4.39 Å². The summed E-state index contributed by atoms with van der Waals surface area (Å²) in [5, 5.41) is 2.56. The van der Waals surface area contributed by atoms with Gasteiger partial charge in [-0.1, -0.05) is 12.6 Å². The van der Waals surface area contributed by atoms with Gasteiger partial charge in [0.25, 0.3) is 5.91 Å². The Kier molecular flexibility index (Phi) is 4.61. The van der Waals surface area contributed by atoms with Gasteiger partial charge in [-0.3, -0.25) is 14.6 Å². The van der Waals surface area contributed by atoms with Crippen molar-refractivity contribution in [3.05, 3.63) is 71.3 Å². The number of pyridine rings is 1. The topological polar surface area (TPSA) is 62.3 Å². The van der Waals surface area contributed by atoms with Crippen LogP contribution in [0.5, 0.6) is 0 Å². The molecule has 1 aromatic heterocycles. The number of fused-ring (bicyclic) bond motifs is 1. The van der Waals surface area contributed by atoms with Crippen LogP contribution >= 0.6 is 0 Å². The molecule has 0 unspecified atom stereocenters. The van der Waals surface area contributed by atoms with Gasteiger partial charge in [-0.05, 0) is 48.7 Å². The molecule has 1 aliphatic heterocycles. The smallest absolute Gasteiger partial charge is 0.257 e. The molecule has 5 nitrogen and oxygen atoms in total. The Hall–Kier alpha value is -3.02. The van der Waals surface area contributed by atoms with E-state index in [1.54, 1.807) is 24.0 Å². The Morgan fingerprint density at radius 2 is 2.16 bits per heavy atom. The Balaban J connectivity index is 1.77. The number of hydrogen-bond donors (Lipinski definition) is 1. The zero-order valence-corrected chi connectivity index (χ0v) is 13.9. The van der Waals surface area contributed by atoms with Crippen molar-refractivity contribution in [2.45, 2.75) is 19.9 Å². The van der Waals surface area contributed by atoms with Gasteiger partial charge >= 0.3 is 0 Å². The lowest BCUT2D eigenvalue weighted by molar-refractivity contribution is -0.126. The zero-order chi connectivity index (χ0) is 18.0. The molecule has 25 heavy (non-hydrogen) atoms. The summed E-state index contributed by atoms with van der Waals surface area (Å²) in [6.45, 7) is 6.22. The lowest BCUT2D eigenvalue weighted by atomic mass is 10.0. The van der Waals surface area contributed by atoms with Crippen LogP contribution in [0.25, 0.3) is 0 Å². The first-order valence-corrected chi connectivity index (χ1v) is 7.94. The average molecular weight is 339 g/mol. The maximum Gasteiger partial charge on any atom is 0.257 e. The molecule has 128 valence electrons. The number of carbonyl (C=O) groups is 2. The fourth-order valence-electron chi connectivity index (χ4n) is 2.77. The Labute approximate surface area is 145 Å². The van der Waals surface area contributed by atoms with E-state index < -0.39 is 11.7 Å². The molecule has 0 saturated heterocycles. The number of nitrogens with one attached hydrogen (secondary N) is 1. The van der Waals surface area contributed by atoms with Gasteiger partial charge in [0.05, 0.1) is 23.5 Å². The van der Waals surface area contributed by atoms with Crippen LogP contribution in [0.1, 0.15) is 27.2 Å². The number of aryl methyl sites for hydroxylation is 1.